The van der Waals surface area contributed by atoms with E-state index in [4.69, 9.17) is 21.7 Å². The quantitative estimate of drug-likeness (QED) is 0.247. The number of benzene rings is 2. The van der Waals surface area contributed by atoms with Crippen LogP contribution in [-0.4, -0.2) is 45.2 Å². The molecule has 2 aliphatic rings. The molecule has 35 heavy (non-hydrogen) atoms. The van der Waals surface area contributed by atoms with Crippen molar-refractivity contribution in [2.24, 2.45) is 0 Å². The van der Waals surface area contributed by atoms with Gasteiger partial charge in [-0.3, -0.25) is 40.2 Å². The second-order valence-corrected chi connectivity index (χ2v) is 9.03. The summed E-state index contributed by atoms with van der Waals surface area (Å²) >= 11 is 6.50. The van der Waals surface area contributed by atoms with E-state index in [9.17, 15) is 24.5 Å². The molecule has 11 nitrogen and oxygen atoms in total. The number of ether oxygens (including phenoxy) is 2. The first-order chi connectivity index (χ1) is 16.8. The lowest BCUT2D eigenvalue weighted by Crippen LogP contribution is -2.41. The molecule has 0 aromatic heterocycles. The molecule has 2 aromatic carbocycles. The SMILES string of the molecule is O=C(CCCN1C(=O)C(=Cc2ccc3c(c2)OCO3)SC1=S)NNC(=O)c1ccc([N+](=O)[O-])cc1. The Bertz CT molecular complexity index is 1250. The molecule has 0 atom stereocenters. The molecule has 0 saturated carbocycles. The number of nitro groups is 1. The van der Waals surface area contributed by atoms with Gasteiger partial charge in [-0.2, -0.15) is 0 Å². The number of hydrogen-bond acceptors (Lipinski definition) is 9. The van der Waals surface area contributed by atoms with E-state index in [0.717, 1.165) is 5.56 Å². The van der Waals surface area contributed by atoms with E-state index < -0.39 is 16.7 Å². The summed E-state index contributed by atoms with van der Waals surface area (Å²) in [5.74, 6) is -0.0529. The zero-order valence-corrected chi connectivity index (χ0v) is 19.6. The standard InChI is InChI=1S/C22H18N4O7S2/c27-19(23-24-20(28)14-4-6-15(7-5-14)26(30)31)2-1-9-25-21(29)18(35-22(25)34)11-13-3-8-16-17(10-13)33-12-32-16/h3-8,10-11H,1-2,9,12H2,(H,23,27)(H,24,28). The topological polar surface area (TPSA) is 140 Å². The third-order valence-electron chi connectivity index (χ3n) is 5.01. The molecule has 2 heterocycles. The van der Waals surface area contributed by atoms with Crippen molar-refractivity contribution >= 4 is 57.8 Å². The normalized spacial score (nSPS) is 15.4. The number of non-ortho nitro benzene ring substituents is 1. The van der Waals surface area contributed by atoms with Crippen LogP contribution in [0.2, 0.25) is 0 Å². The Morgan fingerprint density at radius 1 is 1.14 bits per heavy atom. The number of fused-ring (bicyclic) bond motifs is 1. The van der Waals surface area contributed by atoms with Crippen LogP contribution in [0.3, 0.4) is 0 Å². The highest BCUT2D eigenvalue weighted by Crippen LogP contribution is 2.36. The molecule has 0 unspecified atom stereocenters. The monoisotopic (exact) mass is 514 g/mol. The van der Waals surface area contributed by atoms with Crippen LogP contribution in [0.4, 0.5) is 5.69 Å². The predicted molar refractivity (Wildman–Crippen MR) is 130 cm³/mol. The van der Waals surface area contributed by atoms with Crippen LogP contribution in [0.25, 0.3) is 6.08 Å². The van der Waals surface area contributed by atoms with Crippen LogP contribution in [0.5, 0.6) is 11.5 Å². The van der Waals surface area contributed by atoms with Crippen LogP contribution in [0, 0.1) is 10.1 Å². The van der Waals surface area contributed by atoms with E-state index in [2.05, 4.69) is 10.9 Å². The lowest BCUT2D eigenvalue weighted by Gasteiger charge is -2.14. The Hall–Kier alpha value is -3.97. The number of carbonyl (C=O) groups excluding carboxylic acids is 3. The summed E-state index contributed by atoms with van der Waals surface area (Å²) in [6, 6.07) is 10.3. The molecule has 0 radical (unpaired) electrons. The van der Waals surface area contributed by atoms with Crippen LogP contribution in [0.15, 0.2) is 47.4 Å². The van der Waals surface area contributed by atoms with Gasteiger partial charge >= 0.3 is 0 Å². The van der Waals surface area contributed by atoms with Crippen molar-refractivity contribution in [3.05, 3.63) is 68.6 Å². The number of nitrogens with zero attached hydrogens (tertiary/aromatic N) is 2. The summed E-state index contributed by atoms with van der Waals surface area (Å²) < 4.78 is 11.0. The Kier molecular flexibility index (Phi) is 7.27. The molecule has 180 valence electrons. The van der Waals surface area contributed by atoms with Gasteiger partial charge in [0.2, 0.25) is 12.7 Å². The number of rotatable bonds is 7. The van der Waals surface area contributed by atoms with Crippen molar-refractivity contribution in [1.82, 2.24) is 15.8 Å². The maximum atomic E-state index is 12.8. The average molecular weight is 515 g/mol. The molecule has 0 bridgehead atoms. The first-order valence-electron chi connectivity index (χ1n) is 10.3. The number of carbonyl (C=O) groups is 3. The first-order valence-corrected chi connectivity index (χ1v) is 11.5. The molecule has 1 saturated heterocycles. The molecule has 13 heteroatoms. The number of hydrazine groups is 1. The molecule has 1 fully saturated rings. The summed E-state index contributed by atoms with van der Waals surface area (Å²) in [5, 5.41) is 10.7. The summed E-state index contributed by atoms with van der Waals surface area (Å²) in [6.07, 6.45) is 2.09. The number of hydrogen-bond donors (Lipinski definition) is 2. The Morgan fingerprint density at radius 3 is 2.63 bits per heavy atom. The fourth-order valence-corrected chi connectivity index (χ4v) is 4.55. The summed E-state index contributed by atoms with van der Waals surface area (Å²) in [5.41, 5.74) is 5.31. The molecule has 3 amide bonds. The Labute approximate surface area is 208 Å². The van der Waals surface area contributed by atoms with Gasteiger partial charge < -0.3 is 9.47 Å². The molecule has 4 rings (SSSR count). The van der Waals surface area contributed by atoms with E-state index in [-0.39, 0.29) is 36.9 Å². The highest BCUT2D eigenvalue weighted by molar-refractivity contribution is 8.26. The van der Waals surface area contributed by atoms with E-state index in [0.29, 0.717) is 27.1 Å². The minimum absolute atomic E-state index is 0.0405. The first kappa shape index (κ1) is 24.2. The molecule has 2 N–H and O–H groups in total. The fraction of sp³-hybridized carbons (Fsp3) is 0.182. The lowest BCUT2D eigenvalue weighted by atomic mass is 10.2. The molecular weight excluding hydrogens is 496 g/mol. The van der Waals surface area contributed by atoms with Gasteiger partial charge in [-0.1, -0.05) is 30.0 Å². The maximum Gasteiger partial charge on any atom is 0.269 e. The average Bonchev–Trinajstić information content (AvgIpc) is 3.42. The lowest BCUT2D eigenvalue weighted by molar-refractivity contribution is -0.384. The van der Waals surface area contributed by atoms with Gasteiger partial charge in [0, 0.05) is 30.7 Å². The van der Waals surface area contributed by atoms with Crippen molar-refractivity contribution < 1.29 is 28.8 Å². The van der Waals surface area contributed by atoms with Gasteiger partial charge in [-0.05, 0) is 42.3 Å². The van der Waals surface area contributed by atoms with Gasteiger partial charge in [-0.15, -0.1) is 0 Å². The van der Waals surface area contributed by atoms with Crippen molar-refractivity contribution in [2.75, 3.05) is 13.3 Å². The largest absolute Gasteiger partial charge is 0.454 e. The number of nitro benzene ring substituents is 1. The summed E-state index contributed by atoms with van der Waals surface area (Å²) in [4.78, 5) is 48.9. The molecule has 0 spiro atoms. The second kappa shape index (κ2) is 10.5. The third kappa shape index (κ3) is 5.75. The Balaban J connectivity index is 1.24. The van der Waals surface area contributed by atoms with Crippen LogP contribution in [-0.2, 0) is 9.59 Å². The molecular formula is C22H18N4O7S2. The zero-order chi connectivity index (χ0) is 24.9. The zero-order valence-electron chi connectivity index (χ0n) is 18.0. The van der Waals surface area contributed by atoms with Crippen LogP contribution >= 0.6 is 24.0 Å². The molecule has 2 aromatic rings. The van der Waals surface area contributed by atoms with E-state index in [1.54, 1.807) is 18.2 Å². The van der Waals surface area contributed by atoms with E-state index >= 15 is 0 Å². The number of nitrogens with one attached hydrogen (secondary N) is 2. The summed E-state index contributed by atoms with van der Waals surface area (Å²) in [7, 11) is 0. The Morgan fingerprint density at radius 2 is 1.89 bits per heavy atom. The van der Waals surface area contributed by atoms with Crippen LogP contribution in [0.1, 0.15) is 28.8 Å². The highest BCUT2D eigenvalue weighted by Gasteiger charge is 2.31. The molecule has 0 aliphatic carbocycles. The van der Waals surface area contributed by atoms with E-state index in [1.165, 1.54) is 40.9 Å². The minimum Gasteiger partial charge on any atom is -0.454 e. The van der Waals surface area contributed by atoms with Crippen molar-refractivity contribution in [2.45, 2.75) is 12.8 Å². The second-order valence-electron chi connectivity index (χ2n) is 7.36. The smallest absolute Gasteiger partial charge is 0.269 e. The number of amides is 3. The van der Waals surface area contributed by atoms with E-state index in [1.807, 2.05) is 6.07 Å². The molecule has 2 aliphatic heterocycles. The predicted octanol–water partition coefficient (Wildman–Crippen LogP) is 2.77. The number of thioether (sulfide) groups is 1. The summed E-state index contributed by atoms with van der Waals surface area (Å²) in [6.45, 7) is 0.405. The van der Waals surface area contributed by atoms with Gasteiger partial charge in [0.05, 0.1) is 9.83 Å². The van der Waals surface area contributed by atoms with Gasteiger partial charge in [0.15, 0.2) is 11.5 Å². The van der Waals surface area contributed by atoms with Crippen LogP contribution < -0.4 is 20.3 Å². The minimum atomic E-state index is -0.612. The van der Waals surface area contributed by atoms with Gasteiger partial charge in [0.25, 0.3) is 17.5 Å². The fourth-order valence-electron chi connectivity index (χ4n) is 3.24. The third-order valence-corrected chi connectivity index (χ3v) is 6.39. The van der Waals surface area contributed by atoms with Crippen molar-refractivity contribution in [3.8, 4) is 11.5 Å². The van der Waals surface area contributed by atoms with Crippen molar-refractivity contribution in [1.29, 1.82) is 0 Å². The maximum absolute atomic E-state index is 12.8. The van der Waals surface area contributed by atoms with Crippen molar-refractivity contribution in [3.63, 3.8) is 0 Å². The van der Waals surface area contributed by atoms with Gasteiger partial charge in [-0.25, -0.2) is 0 Å². The van der Waals surface area contributed by atoms with Gasteiger partial charge in [0.1, 0.15) is 4.32 Å². The number of thiocarbonyl (C=S) groups is 1. The highest BCUT2D eigenvalue weighted by atomic mass is 32.2.